The zero-order valence-corrected chi connectivity index (χ0v) is 19.7. The monoisotopic (exact) mass is 487 g/mol. The fourth-order valence-corrected chi connectivity index (χ4v) is 3.26. The number of pyridine rings is 1. The summed E-state index contributed by atoms with van der Waals surface area (Å²) in [4.78, 5) is 29.3. The highest BCUT2D eigenvalue weighted by molar-refractivity contribution is 6.35. The van der Waals surface area contributed by atoms with Crippen molar-refractivity contribution in [2.45, 2.75) is 26.9 Å². The molecule has 10 heteroatoms. The number of rotatable bonds is 7. The molecule has 0 fully saturated rings. The average molecular weight is 488 g/mol. The minimum absolute atomic E-state index is 0.0544. The summed E-state index contributed by atoms with van der Waals surface area (Å²) in [5.74, 6) is -1.06. The number of aromatic nitrogens is 1. The second kappa shape index (κ2) is 10.8. The number of methoxy groups -OCH3 is 1. The minimum atomic E-state index is -0.899. The highest BCUT2D eigenvalue weighted by Crippen LogP contribution is 2.34. The van der Waals surface area contributed by atoms with Crippen molar-refractivity contribution in [3.63, 3.8) is 0 Å². The Bertz CT molecular complexity index is 1200. The molecule has 0 spiro atoms. The van der Waals surface area contributed by atoms with Crippen LogP contribution in [-0.4, -0.2) is 30.2 Å². The van der Waals surface area contributed by atoms with E-state index in [0.717, 1.165) is 6.07 Å². The van der Waals surface area contributed by atoms with Crippen molar-refractivity contribution >= 4 is 35.0 Å². The van der Waals surface area contributed by atoms with Crippen LogP contribution in [0.25, 0.3) is 0 Å². The van der Waals surface area contributed by atoms with Gasteiger partial charge in [-0.15, -0.1) is 0 Å². The molecule has 0 saturated carbocycles. The van der Waals surface area contributed by atoms with Gasteiger partial charge < -0.3 is 19.5 Å². The average Bonchev–Trinajstić information content (AvgIpc) is 2.79. The molecule has 178 valence electrons. The summed E-state index contributed by atoms with van der Waals surface area (Å²) >= 11 is 6.28. The lowest BCUT2D eigenvalue weighted by molar-refractivity contribution is 0.102. The molecule has 0 atom stereocenters. The molecule has 1 heterocycles. The topological polar surface area (TPSA) is 98.8 Å². The number of nitrogens with zero attached hydrogens (tertiary/aromatic N) is 1. The Morgan fingerprint density at radius 2 is 1.82 bits per heavy atom. The van der Waals surface area contributed by atoms with Gasteiger partial charge in [-0.25, -0.2) is 14.2 Å². The third-order valence-corrected chi connectivity index (χ3v) is 4.83. The Kier molecular flexibility index (Phi) is 7.91. The van der Waals surface area contributed by atoms with E-state index in [-0.39, 0.29) is 45.4 Å². The number of carbonyl (C=O) groups is 2. The predicted octanol–water partition coefficient (Wildman–Crippen LogP) is 5.84. The van der Waals surface area contributed by atoms with Crippen molar-refractivity contribution in [1.82, 2.24) is 4.98 Å². The SMILES string of the molecule is COc1ncc(C)c(NC(=O)c2cc(F)c(NC(=O)Oc3ccccc3)cc2OC(C)C)c1Cl. The summed E-state index contributed by atoms with van der Waals surface area (Å²) in [7, 11) is 1.40. The van der Waals surface area contributed by atoms with E-state index in [1.807, 2.05) is 0 Å². The molecule has 2 amide bonds. The Balaban J connectivity index is 1.90. The standard InChI is InChI=1S/C24H23ClFN3O5/c1-13(2)33-19-11-18(28-24(31)34-15-8-6-5-7-9-15)17(26)10-16(19)22(30)29-21-14(3)12-27-23(32-4)20(21)25/h5-13H,1-4H3,(H,28,31)(H,27,29,30). The van der Waals surface area contributed by atoms with Gasteiger partial charge in [0.15, 0.2) is 0 Å². The zero-order valence-electron chi connectivity index (χ0n) is 18.9. The van der Waals surface area contributed by atoms with Gasteiger partial charge in [0.05, 0.1) is 30.2 Å². The van der Waals surface area contributed by atoms with Crippen molar-refractivity contribution in [1.29, 1.82) is 0 Å². The van der Waals surface area contributed by atoms with Crippen molar-refractivity contribution < 1.29 is 28.2 Å². The van der Waals surface area contributed by atoms with Gasteiger partial charge in [0, 0.05) is 12.3 Å². The number of amides is 2. The number of benzene rings is 2. The molecule has 34 heavy (non-hydrogen) atoms. The summed E-state index contributed by atoms with van der Waals surface area (Å²) in [5.41, 5.74) is 0.531. The van der Waals surface area contributed by atoms with Gasteiger partial charge in [-0.2, -0.15) is 0 Å². The molecule has 8 nitrogen and oxygen atoms in total. The first kappa shape index (κ1) is 24.8. The van der Waals surface area contributed by atoms with E-state index in [4.69, 9.17) is 25.8 Å². The summed E-state index contributed by atoms with van der Waals surface area (Å²) < 4.78 is 30.8. The van der Waals surface area contributed by atoms with Gasteiger partial charge in [-0.05, 0) is 44.5 Å². The van der Waals surface area contributed by atoms with Gasteiger partial charge >= 0.3 is 6.09 Å². The second-order valence-electron chi connectivity index (χ2n) is 7.42. The molecule has 1 aromatic heterocycles. The molecule has 0 aliphatic rings. The fourth-order valence-electron chi connectivity index (χ4n) is 2.94. The third kappa shape index (κ3) is 5.93. The van der Waals surface area contributed by atoms with Crippen LogP contribution in [0, 0.1) is 12.7 Å². The molecule has 2 N–H and O–H groups in total. The lowest BCUT2D eigenvalue weighted by atomic mass is 10.1. The molecule has 3 rings (SSSR count). The normalized spacial score (nSPS) is 10.6. The number of anilines is 2. The van der Waals surface area contributed by atoms with E-state index in [9.17, 15) is 14.0 Å². The van der Waals surface area contributed by atoms with E-state index in [2.05, 4.69) is 15.6 Å². The molecule has 0 unspecified atom stereocenters. The zero-order chi connectivity index (χ0) is 24.8. The van der Waals surface area contributed by atoms with E-state index >= 15 is 0 Å². The Morgan fingerprint density at radius 3 is 2.47 bits per heavy atom. The first-order valence-electron chi connectivity index (χ1n) is 10.2. The van der Waals surface area contributed by atoms with Crippen LogP contribution in [0.15, 0.2) is 48.7 Å². The number of hydrogen-bond acceptors (Lipinski definition) is 6. The van der Waals surface area contributed by atoms with Crippen molar-refractivity contribution in [2.75, 3.05) is 17.7 Å². The second-order valence-corrected chi connectivity index (χ2v) is 7.79. The molecule has 2 aromatic carbocycles. The number of halogens is 2. The highest BCUT2D eigenvalue weighted by Gasteiger charge is 2.22. The van der Waals surface area contributed by atoms with Crippen LogP contribution >= 0.6 is 11.6 Å². The molecular weight excluding hydrogens is 465 g/mol. The lowest BCUT2D eigenvalue weighted by Gasteiger charge is -2.18. The third-order valence-electron chi connectivity index (χ3n) is 4.48. The van der Waals surface area contributed by atoms with E-state index < -0.39 is 17.8 Å². The van der Waals surface area contributed by atoms with Gasteiger partial charge in [-0.1, -0.05) is 29.8 Å². The molecule has 0 aliphatic carbocycles. The van der Waals surface area contributed by atoms with Gasteiger partial charge in [-0.3, -0.25) is 10.1 Å². The smallest absolute Gasteiger partial charge is 0.417 e. The lowest BCUT2D eigenvalue weighted by Crippen LogP contribution is -2.20. The molecule has 0 radical (unpaired) electrons. The Labute approximate surface area is 201 Å². The molecular formula is C24H23ClFN3O5. The van der Waals surface area contributed by atoms with Gasteiger partial charge in [0.2, 0.25) is 5.88 Å². The minimum Gasteiger partial charge on any atom is -0.490 e. The maximum atomic E-state index is 14.9. The van der Waals surface area contributed by atoms with Crippen LogP contribution in [0.5, 0.6) is 17.4 Å². The van der Waals surface area contributed by atoms with Crippen LogP contribution in [-0.2, 0) is 0 Å². The van der Waals surface area contributed by atoms with Crippen molar-refractivity contribution in [3.8, 4) is 17.4 Å². The molecule has 0 saturated heterocycles. The molecule has 0 aliphatic heterocycles. The first-order valence-corrected chi connectivity index (χ1v) is 10.6. The molecule has 3 aromatic rings. The largest absolute Gasteiger partial charge is 0.490 e. The highest BCUT2D eigenvalue weighted by atomic mass is 35.5. The van der Waals surface area contributed by atoms with Crippen LogP contribution in [0.3, 0.4) is 0 Å². The fraction of sp³-hybridized carbons (Fsp3) is 0.208. The summed E-state index contributed by atoms with van der Waals surface area (Å²) in [6, 6.07) is 10.5. The van der Waals surface area contributed by atoms with Gasteiger partial charge in [0.25, 0.3) is 5.91 Å². The Hall–Kier alpha value is -3.85. The maximum Gasteiger partial charge on any atom is 0.417 e. The van der Waals surface area contributed by atoms with Crippen LogP contribution < -0.4 is 24.8 Å². The molecule has 0 bridgehead atoms. The number of carbonyl (C=O) groups excluding carboxylic acids is 2. The van der Waals surface area contributed by atoms with E-state index in [0.29, 0.717) is 5.56 Å². The van der Waals surface area contributed by atoms with Gasteiger partial charge in [0.1, 0.15) is 22.3 Å². The first-order chi connectivity index (χ1) is 16.2. The number of ether oxygens (including phenoxy) is 3. The number of hydrogen-bond donors (Lipinski definition) is 2. The summed E-state index contributed by atoms with van der Waals surface area (Å²) in [6.07, 6.45) is 0.245. The van der Waals surface area contributed by atoms with E-state index in [1.165, 1.54) is 19.4 Å². The summed E-state index contributed by atoms with van der Waals surface area (Å²) in [5, 5.41) is 5.08. The van der Waals surface area contributed by atoms with Crippen LogP contribution in [0.1, 0.15) is 29.8 Å². The van der Waals surface area contributed by atoms with Crippen molar-refractivity contribution in [2.24, 2.45) is 0 Å². The number of nitrogens with one attached hydrogen (secondary N) is 2. The predicted molar refractivity (Wildman–Crippen MR) is 127 cm³/mol. The number of aryl methyl sites for hydroxylation is 1. The van der Waals surface area contributed by atoms with E-state index in [1.54, 1.807) is 51.1 Å². The van der Waals surface area contributed by atoms with Crippen molar-refractivity contribution in [3.05, 3.63) is 70.6 Å². The van der Waals surface area contributed by atoms with Crippen LogP contribution in [0.2, 0.25) is 5.02 Å². The summed E-state index contributed by atoms with van der Waals surface area (Å²) in [6.45, 7) is 5.19. The quantitative estimate of drug-likeness (QED) is 0.434. The van der Waals surface area contributed by atoms with Crippen LogP contribution in [0.4, 0.5) is 20.6 Å². The number of para-hydroxylation sites is 1. The maximum absolute atomic E-state index is 14.9. The Morgan fingerprint density at radius 1 is 1.12 bits per heavy atom.